The van der Waals surface area contributed by atoms with Gasteiger partial charge < -0.3 is 13.9 Å². The highest BCUT2D eigenvalue weighted by Crippen LogP contribution is 2.35. The van der Waals surface area contributed by atoms with Crippen LogP contribution in [0.1, 0.15) is 32.2 Å². The number of benzene rings is 2. The first-order chi connectivity index (χ1) is 16.4. The highest BCUT2D eigenvalue weighted by Gasteiger charge is 2.23. The van der Waals surface area contributed by atoms with E-state index in [0.717, 1.165) is 5.69 Å². The van der Waals surface area contributed by atoms with Crippen molar-refractivity contribution in [3.8, 4) is 28.4 Å². The zero-order valence-electron chi connectivity index (χ0n) is 19.2. The summed E-state index contributed by atoms with van der Waals surface area (Å²) in [6.45, 7) is 3.43. The third kappa shape index (κ3) is 4.49. The smallest absolute Gasteiger partial charge is 0.273 e. The van der Waals surface area contributed by atoms with Crippen LogP contribution in [0.5, 0.6) is 11.5 Å². The van der Waals surface area contributed by atoms with Crippen molar-refractivity contribution in [2.45, 2.75) is 13.8 Å². The predicted octanol–water partition coefficient (Wildman–Crippen LogP) is 3.84. The molecule has 9 heteroatoms. The molecule has 9 nitrogen and oxygen atoms in total. The van der Waals surface area contributed by atoms with E-state index in [2.05, 4.69) is 16.0 Å². The number of rotatable bonds is 6. The van der Waals surface area contributed by atoms with E-state index in [4.69, 9.17) is 13.9 Å². The number of ether oxygens (including phenoxy) is 2. The van der Waals surface area contributed by atoms with E-state index in [9.17, 15) is 9.59 Å². The van der Waals surface area contributed by atoms with Crippen molar-refractivity contribution >= 4 is 11.8 Å². The summed E-state index contributed by atoms with van der Waals surface area (Å²) in [5.41, 5.74) is 7.17. The Morgan fingerprint density at radius 2 is 1.62 bits per heavy atom. The minimum Gasteiger partial charge on any atom is -0.497 e. The lowest BCUT2D eigenvalue weighted by Gasteiger charge is -2.11. The molecule has 0 saturated heterocycles. The monoisotopic (exact) mass is 460 g/mol. The number of carbonyl (C=O) groups excluding carboxylic acids is 2. The summed E-state index contributed by atoms with van der Waals surface area (Å²) in [7, 11) is 3.09. The van der Waals surface area contributed by atoms with Crippen LogP contribution in [0.15, 0.2) is 65.2 Å². The molecular weight excluding hydrogens is 436 g/mol. The highest BCUT2D eigenvalue weighted by atomic mass is 16.5. The number of amides is 2. The molecule has 4 rings (SSSR count). The number of hydrogen-bond donors (Lipinski definition) is 2. The number of aryl methyl sites for hydroxylation is 2. The van der Waals surface area contributed by atoms with Crippen LogP contribution in [0.4, 0.5) is 0 Å². The van der Waals surface area contributed by atoms with E-state index >= 15 is 0 Å². The first-order valence-electron chi connectivity index (χ1n) is 10.5. The molecule has 0 radical (unpaired) electrons. The fourth-order valence-corrected chi connectivity index (χ4v) is 3.56. The van der Waals surface area contributed by atoms with Gasteiger partial charge in [-0.05, 0) is 50.2 Å². The van der Waals surface area contributed by atoms with Crippen molar-refractivity contribution in [3.63, 3.8) is 0 Å². The molecule has 0 aliphatic carbocycles. The predicted molar refractivity (Wildman–Crippen MR) is 125 cm³/mol. The molecule has 4 aromatic rings. The number of nitrogens with one attached hydrogen (secondary N) is 2. The average Bonchev–Trinajstić information content (AvgIpc) is 3.45. The van der Waals surface area contributed by atoms with Gasteiger partial charge in [-0.2, -0.15) is 5.10 Å². The Morgan fingerprint density at radius 3 is 2.24 bits per heavy atom. The highest BCUT2D eigenvalue weighted by molar-refractivity contribution is 6.03. The third-order valence-corrected chi connectivity index (χ3v) is 5.22. The van der Waals surface area contributed by atoms with E-state index in [0.29, 0.717) is 39.8 Å². The van der Waals surface area contributed by atoms with Crippen LogP contribution in [-0.2, 0) is 0 Å². The summed E-state index contributed by atoms with van der Waals surface area (Å²) in [6, 6.07) is 16.2. The van der Waals surface area contributed by atoms with E-state index < -0.39 is 11.8 Å². The number of carbonyl (C=O) groups is 2. The van der Waals surface area contributed by atoms with Crippen LogP contribution in [0.2, 0.25) is 0 Å². The number of hydrazine groups is 1. The Kier molecular flexibility index (Phi) is 6.35. The lowest BCUT2D eigenvalue weighted by atomic mass is 10.1. The van der Waals surface area contributed by atoms with Crippen molar-refractivity contribution in [2.24, 2.45) is 0 Å². The first kappa shape index (κ1) is 22.7. The summed E-state index contributed by atoms with van der Waals surface area (Å²) in [5.74, 6) is 1.12. The molecule has 2 heterocycles. The maximum Gasteiger partial charge on any atom is 0.273 e. The molecule has 0 atom stereocenters. The van der Waals surface area contributed by atoms with Gasteiger partial charge in [-0.25, -0.2) is 4.68 Å². The fraction of sp³-hybridized carbons (Fsp3) is 0.160. The molecule has 174 valence electrons. The Labute approximate surface area is 196 Å². The molecule has 2 N–H and O–H groups in total. The standard InChI is InChI=1S/C25H24N4O5/c1-15-12-19(16(2)34-15)24(30)26-27-25(31)21-14-29(17-8-6-5-7-9-17)28-23(21)20-13-18(32-3)10-11-22(20)33-4/h5-14H,1-4H3,(H,26,30)(H,27,31). The van der Waals surface area contributed by atoms with Gasteiger partial charge in [0.05, 0.1) is 31.0 Å². The second-order valence-electron chi connectivity index (χ2n) is 7.47. The van der Waals surface area contributed by atoms with Gasteiger partial charge in [0.25, 0.3) is 11.8 Å². The SMILES string of the molecule is COc1ccc(OC)c(-c2nn(-c3ccccc3)cc2C(=O)NNC(=O)c2cc(C)oc2C)c1. The van der Waals surface area contributed by atoms with Crippen molar-refractivity contribution in [2.75, 3.05) is 14.2 Å². The van der Waals surface area contributed by atoms with Crippen LogP contribution >= 0.6 is 0 Å². The molecule has 2 amide bonds. The van der Waals surface area contributed by atoms with Crippen LogP contribution in [0, 0.1) is 13.8 Å². The zero-order chi connectivity index (χ0) is 24.2. The molecule has 34 heavy (non-hydrogen) atoms. The Morgan fingerprint density at radius 1 is 0.912 bits per heavy atom. The molecular formula is C25H24N4O5. The summed E-state index contributed by atoms with van der Waals surface area (Å²) >= 11 is 0. The Balaban J connectivity index is 1.71. The second-order valence-corrected chi connectivity index (χ2v) is 7.47. The van der Waals surface area contributed by atoms with E-state index in [1.807, 2.05) is 30.3 Å². The van der Waals surface area contributed by atoms with Crippen molar-refractivity contribution in [3.05, 3.63) is 83.4 Å². The molecule has 0 aliphatic heterocycles. The van der Waals surface area contributed by atoms with Gasteiger partial charge in [0.15, 0.2) is 0 Å². The van der Waals surface area contributed by atoms with Gasteiger partial charge >= 0.3 is 0 Å². The minimum atomic E-state index is -0.548. The molecule has 2 aromatic carbocycles. The van der Waals surface area contributed by atoms with E-state index in [1.165, 1.54) is 7.11 Å². The van der Waals surface area contributed by atoms with Crippen LogP contribution < -0.4 is 20.3 Å². The Hall–Kier alpha value is -4.53. The maximum absolute atomic E-state index is 13.2. The van der Waals surface area contributed by atoms with Crippen molar-refractivity contribution in [1.29, 1.82) is 0 Å². The summed E-state index contributed by atoms with van der Waals surface area (Å²) < 4.78 is 17.8. The molecule has 0 spiro atoms. The van der Waals surface area contributed by atoms with E-state index in [-0.39, 0.29) is 5.56 Å². The largest absolute Gasteiger partial charge is 0.497 e. The second kappa shape index (κ2) is 9.53. The summed E-state index contributed by atoms with van der Waals surface area (Å²) in [4.78, 5) is 25.7. The quantitative estimate of drug-likeness (QED) is 0.424. The van der Waals surface area contributed by atoms with Crippen LogP contribution in [-0.4, -0.2) is 35.8 Å². The first-order valence-corrected chi connectivity index (χ1v) is 10.5. The maximum atomic E-state index is 13.2. The zero-order valence-corrected chi connectivity index (χ0v) is 19.2. The van der Waals surface area contributed by atoms with Gasteiger partial charge in [0.1, 0.15) is 28.7 Å². The Bertz CT molecular complexity index is 1340. The minimum absolute atomic E-state index is 0.232. The van der Waals surface area contributed by atoms with Crippen LogP contribution in [0.3, 0.4) is 0 Å². The molecule has 0 fully saturated rings. The number of nitrogens with zero attached hydrogens (tertiary/aromatic N) is 2. The number of furan rings is 1. The van der Waals surface area contributed by atoms with Crippen molar-refractivity contribution < 1.29 is 23.5 Å². The molecule has 0 aliphatic rings. The lowest BCUT2D eigenvalue weighted by molar-refractivity contribution is 0.0846. The molecule has 0 bridgehead atoms. The molecule has 0 unspecified atom stereocenters. The van der Waals surface area contributed by atoms with Gasteiger partial charge in [-0.1, -0.05) is 18.2 Å². The van der Waals surface area contributed by atoms with Gasteiger partial charge in [-0.3, -0.25) is 20.4 Å². The number of aromatic nitrogens is 2. The molecule has 2 aromatic heterocycles. The normalized spacial score (nSPS) is 10.6. The van der Waals surface area contributed by atoms with Gasteiger partial charge in [0, 0.05) is 11.8 Å². The topological polar surface area (TPSA) is 108 Å². The van der Waals surface area contributed by atoms with Crippen molar-refractivity contribution in [1.82, 2.24) is 20.6 Å². The fourth-order valence-electron chi connectivity index (χ4n) is 3.56. The van der Waals surface area contributed by atoms with Gasteiger partial charge in [0.2, 0.25) is 0 Å². The lowest BCUT2D eigenvalue weighted by Crippen LogP contribution is -2.41. The number of methoxy groups -OCH3 is 2. The van der Waals surface area contributed by atoms with E-state index in [1.54, 1.807) is 56.1 Å². The van der Waals surface area contributed by atoms with Crippen LogP contribution in [0.25, 0.3) is 16.9 Å². The third-order valence-electron chi connectivity index (χ3n) is 5.22. The molecule has 0 saturated carbocycles. The summed E-state index contributed by atoms with van der Waals surface area (Å²) in [6.07, 6.45) is 1.60. The van der Waals surface area contributed by atoms with Gasteiger partial charge in [-0.15, -0.1) is 0 Å². The summed E-state index contributed by atoms with van der Waals surface area (Å²) in [5, 5.41) is 4.65. The average molecular weight is 460 g/mol. The number of hydrogen-bond acceptors (Lipinski definition) is 6. The number of para-hydroxylation sites is 1.